The summed E-state index contributed by atoms with van der Waals surface area (Å²) in [6, 6.07) is 23.5. The maximum Gasteiger partial charge on any atom is 0.255 e. The summed E-state index contributed by atoms with van der Waals surface area (Å²) in [5.41, 5.74) is 7.56. The molecule has 6 rings (SSSR count). The Labute approximate surface area is 214 Å². The zero-order valence-corrected chi connectivity index (χ0v) is 20.7. The van der Waals surface area contributed by atoms with Crippen molar-refractivity contribution < 1.29 is 14.4 Å². The molecule has 37 heavy (non-hydrogen) atoms. The van der Waals surface area contributed by atoms with Gasteiger partial charge in [-0.1, -0.05) is 60.7 Å². The molecule has 0 spiro atoms. The lowest BCUT2D eigenvalue weighted by Crippen LogP contribution is -2.52. The lowest BCUT2D eigenvalue weighted by molar-refractivity contribution is -0.136. The van der Waals surface area contributed by atoms with Crippen LogP contribution in [-0.4, -0.2) is 38.2 Å². The van der Waals surface area contributed by atoms with Gasteiger partial charge in [-0.05, 0) is 36.6 Å². The molecule has 4 aromatic rings. The van der Waals surface area contributed by atoms with Crippen molar-refractivity contribution in [3.8, 4) is 33.9 Å². The number of benzene rings is 3. The van der Waals surface area contributed by atoms with Crippen LogP contribution < -0.4 is 5.32 Å². The highest BCUT2D eigenvalue weighted by Gasteiger charge is 2.39. The van der Waals surface area contributed by atoms with E-state index in [4.69, 9.17) is 4.98 Å². The molecule has 3 amide bonds. The molecule has 0 saturated carbocycles. The number of carbonyl (C=O) groups is 3. The fourth-order valence-electron chi connectivity index (χ4n) is 5.42. The summed E-state index contributed by atoms with van der Waals surface area (Å²) in [5, 5.41) is 2.36. The van der Waals surface area contributed by atoms with Gasteiger partial charge in [0.15, 0.2) is 0 Å². The Kier molecular flexibility index (Phi) is 5.48. The molecule has 1 atom stereocenters. The van der Waals surface area contributed by atoms with Crippen LogP contribution in [0, 0.1) is 6.92 Å². The maximum atomic E-state index is 13.1. The van der Waals surface area contributed by atoms with Crippen LogP contribution in [-0.2, 0) is 23.2 Å². The van der Waals surface area contributed by atoms with E-state index in [1.54, 1.807) is 4.90 Å². The van der Waals surface area contributed by atoms with Crippen LogP contribution in [0.3, 0.4) is 0 Å². The molecule has 0 radical (unpaired) electrons. The zero-order valence-electron chi connectivity index (χ0n) is 20.7. The molecule has 1 saturated heterocycles. The Bertz CT molecular complexity index is 1570. The SMILES string of the molecule is Cc1ccccc1-c1nc(-c2ccc3c(c2)CN(C2CCC(=O)NC2=O)C3=O)n(C)c1-c1ccccc1. The number of carbonyl (C=O) groups excluding carboxylic acids is 3. The largest absolute Gasteiger partial charge is 0.327 e. The van der Waals surface area contributed by atoms with E-state index in [0.717, 1.165) is 45.0 Å². The van der Waals surface area contributed by atoms with E-state index in [0.29, 0.717) is 18.5 Å². The van der Waals surface area contributed by atoms with Crippen molar-refractivity contribution in [3.63, 3.8) is 0 Å². The van der Waals surface area contributed by atoms with Crippen LogP contribution in [0.1, 0.15) is 34.3 Å². The molecule has 2 aliphatic heterocycles. The van der Waals surface area contributed by atoms with Crippen LogP contribution in [0.4, 0.5) is 0 Å². The number of hydrogen-bond acceptors (Lipinski definition) is 4. The third-order valence-corrected chi connectivity index (χ3v) is 7.32. The van der Waals surface area contributed by atoms with Crippen molar-refractivity contribution in [3.05, 3.63) is 89.5 Å². The maximum absolute atomic E-state index is 13.1. The van der Waals surface area contributed by atoms with Crippen molar-refractivity contribution in [1.29, 1.82) is 0 Å². The van der Waals surface area contributed by atoms with E-state index in [9.17, 15) is 14.4 Å². The van der Waals surface area contributed by atoms with Crippen molar-refractivity contribution in [1.82, 2.24) is 19.8 Å². The summed E-state index contributed by atoms with van der Waals surface area (Å²) in [6.07, 6.45) is 0.579. The molecule has 1 aromatic heterocycles. The number of amides is 3. The van der Waals surface area contributed by atoms with Crippen molar-refractivity contribution in [2.45, 2.75) is 32.4 Å². The van der Waals surface area contributed by atoms with Crippen LogP contribution >= 0.6 is 0 Å². The fraction of sp³-hybridized carbons (Fsp3) is 0.200. The smallest absolute Gasteiger partial charge is 0.255 e. The van der Waals surface area contributed by atoms with Crippen molar-refractivity contribution in [2.75, 3.05) is 0 Å². The van der Waals surface area contributed by atoms with E-state index >= 15 is 0 Å². The minimum atomic E-state index is -0.633. The Morgan fingerprint density at radius 2 is 1.65 bits per heavy atom. The Morgan fingerprint density at radius 1 is 0.892 bits per heavy atom. The summed E-state index contributed by atoms with van der Waals surface area (Å²) < 4.78 is 2.10. The third kappa shape index (κ3) is 3.83. The number of hydrogen-bond donors (Lipinski definition) is 1. The number of aromatic nitrogens is 2. The molecule has 1 N–H and O–H groups in total. The van der Waals surface area contributed by atoms with E-state index in [1.807, 2.05) is 55.6 Å². The van der Waals surface area contributed by atoms with Crippen LogP contribution in [0.25, 0.3) is 33.9 Å². The number of nitrogens with one attached hydrogen (secondary N) is 1. The van der Waals surface area contributed by atoms with Gasteiger partial charge in [-0.25, -0.2) is 4.98 Å². The second-order valence-electron chi connectivity index (χ2n) is 9.64. The van der Waals surface area contributed by atoms with Gasteiger partial charge in [-0.3, -0.25) is 19.7 Å². The first kappa shape index (κ1) is 22.9. The molecular weight excluding hydrogens is 464 g/mol. The Balaban J connectivity index is 1.42. The molecule has 184 valence electrons. The molecule has 3 heterocycles. The van der Waals surface area contributed by atoms with Crippen LogP contribution in [0.15, 0.2) is 72.8 Å². The number of piperidine rings is 1. The molecule has 7 nitrogen and oxygen atoms in total. The lowest BCUT2D eigenvalue weighted by Gasteiger charge is -2.29. The first-order valence-electron chi connectivity index (χ1n) is 12.4. The Morgan fingerprint density at radius 3 is 2.41 bits per heavy atom. The highest BCUT2D eigenvalue weighted by molar-refractivity contribution is 6.05. The van der Waals surface area contributed by atoms with Crippen LogP contribution in [0.2, 0.25) is 0 Å². The van der Waals surface area contributed by atoms with Gasteiger partial charge in [0.2, 0.25) is 11.8 Å². The number of fused-ring (bicyclic) bond motifs is 1. The van der Waals surface area contributed by atoms with Gasteiger partial charge in [0.05, 0.1) is 11.4 Å². The predicted molar refractivity (Wildman–Crippen MR) is 140 cm³/mol. The van der Waals surface area contributed by atoms with Gasteiger partial charge in [-0.15, -0.1) is 0 Å². The third-order valence-electron chi connectivity index (χ3n) is 7.32. The molecule has 7 heteroatoms. The molecular formula is C30H26N4O3. The van der Waals surface area contributed by atoms with Crippen molar-refractivity contribution >= 4 is 17.7 Å². The first-order valence-corrected chi connectivity index (χ1v) is 12.4. The molecule has 0 bridgehead atoms. The molecule has 3 aromatic carbocycles. The number of rotatable bonds is 4. The number of nitrogens with zero attached hydrogens (tertiary/aromatic N) is 3. The average molecular weight is 491 g/mol. The normalized spacial score (nSPS) is 17.2. The number of aryl methyl sites for hydroxylation is 1. The number of imidazole rings is 1. The highest BCUT2D eigenvalue weighted by atomic mass is 16.2. The Hall–Kier alpha value is -4.52. The van der Waals surface area contributed by atoms with Gasteiger partial charge in [-0.2, -0.15) is 0 Å². The first-order chi connectivity index (χ1) is 17.9. The quantitative estimate of drug-likeness (QED) is 0.427. The minimum absolute atomic E-state index is 0.179. The standard InChI is InChI=1S/C30H26N4O3/c1-18-8-6-7-11-22(18)26-27(19-9-4-3-5-10-19)33(2)28(32-26)20-12-13-23-21(16-20)17-34(30(23)37)24-14-15-25(35)31-29(24)36/h3-13,16,24H,14-15,17H2,1-2H3,(H,31,35,36). The summed E-state index contributed by atoms with van der Waals surface area (Å²) in [7, 11) is 2.01. The van der Waals surface area contributed by atoms with E-state index in [1.165, 1.54) is 0 Å². The number of imide groups is 1. The van der Waals surface area contributed by atoms with E-state index in [2.05, 4.69) is 41.1 Å². The minimum Gasteiger partial charge on any atom is -0.327 e. The second-order valence-corrected chi connectivity index (χ2v) is 9.64. The fourth-order valence-corrected chi connectivity index (χ4v) is 5.42. The highest BCUT2D eigenvalue weighted by Crippen LogP contribution is 2.38. The summed E-state index contributed by atoms with van der Waals surface area (Å²) in [4.78, 5) is 43.8. The topological polar surface area (TPSA) is 84.3 Å². The molecule has 2 aliphatic rings. The van der Waals surface area contributed by atoms with Crippen LogP contribution in [0.5, 0.6) is 0 Å². The molecule has 1 unspecified atom stereocenters. The lowest BCUT2D eigenvalue weighted by atomic mass is 10.0. The van der Waals surface area contributed by atoms with Gasteiger partial charge < -0.3 is 9.47 Å². The monoisotopic (exact) mass is 490 g/mol. The van der Waals surface area contributed by atoms with Gasteiger partial charge in [0, 0.05) is 42.3 Å². The van der Waals surface area contributed by atoms with Gasteiger partial charge >= 0.3 is 0 Å². The van der Waals surface area contributed by atoms with E-state index < -0.39 is 11.9 Å². The second kappa shape index (κ2) is 8.85. The molecule has 1 fully saturated rings. The summed E-state index contributed by atoms with van der Waals surface area (Å²) >= 11 is 0. The predicted octanol–water partition coefficient (Wildman–Crippen LogP) is 4.49. The van der Waals surface area contributed by atoms with Crippen molar-refractivity contribution in [2.24, 2.45) is 7.05 Å². The summed E-state index contributed by atoms with van der Waals surface area (Å²) in [6.45, 7) is 2.41. The van der Waals surface area contributed by atoms with E-state index in [-0.39, 0.29) is 18.2 Å². The van der Waals surface area contributed by atoms with Gasteiger partial charge in [0.1, 0.15) is 11.9 Å². The zero-order chi connectivity index (χ0) is 25.7. The molecule has 0 aliphatic carbocycles. The van der Waals surface area contributed by atoms with Gasteiger partial charge in [0.25, 0.3) is 5.91 Å². The summed E-state index contributed by atoms with van der Waals surface area (Å²) in [5.74, 6) is -0.0773. The average Bonchev–Trinajstić information content (AvgIpc) is 3.41.